The van der Waals surface area contributed by atoms with E-state index in [1.54, 1.807) is 0 Å². The van der Waals surface area contributed by atoms with Crippen molar-refractivity contribution in [1.82, 2.24) is 0 Å². The summed E-state index contributed by atoms with van der Waals surface area (Å²) in [5, 5.41) is 28.5. The SMILES string of the molecule is Cc1c(C(=O)O)ccc(O)c1-c1occc(=O)c1O. The molecule has 1 aromatic carbocycles. The number of phenols is 1. The van der Waals surface area contributed by atoms with E-state index in [0.717, 1.165) is 18.4 Å². The first-order valence-corrected chi connectivity index (χ1v) is 5.30. The highest BCUT2D eigenvalue weighted by Gasteiger charge is 2.20. The molecule has 0 unspecified atom stereocenters. The van der Waals surface area contributed by atoms with Crippen molar-refractivity contribution in [2.24, 2.45) is 0 Å². The lowest BCUT2D eigenvalue weighted by Gasteiger charge is -2.10. The maximum Gasteiger partial charge on any atom is 0.335 e. The third kappa shape index (κ3) is 2.03. The zero-order valence-corrected chi connectivity index (χ0v) is 9.88. The van der Waals surface area contributed by atoms with Crippen molar-refractivity contribution >= 4 is 5.97 Å². The van der Waals surface area contributed by atoms with Crippen molar-refractivity contribution in [3.63, 3.8) is 0 Å². The van der Waals surface area contributed by atoms with Crippen LogP contribution in [0.5, 0.6) is 11.5 Å². The van der Waals surface area contributed by atoms with Gasteiger partial charge >= 0.3 is 5.97 Å². The van der Waals surface area contributed by atoms with Crippen LogP contribution < -0.4 is 5.43 Å². The molecule has 0 amide bonds. The first-order chi connectivity index (χ1) is 8.93. The summed E-state index contributed by atoms with van der Waals surface area (Å²) < 4.78 is 5.02. The van der Waals surface area contributed by atoms with Crippen molar-refractivity contribution in [2.75, 3.05) is 0 Å². The topological polar surface area (TPSA) is 108 Å². The molecule has 0 fully saturated rings. The van der Waals surface area contributed by atoms with E-state index in [1.165, 1.54) is 13.0 Å². The minimum absolute atomic E-state index is 0.0184. The Balaban J connectivity index is 2.82. The summed E-state index contributed by atoms with van der Waals surface area (Å²) in [4.78, 5) is 22.4. The second-order valence-electron chi connectivity index (χ2n) is 3.90. The Kier molecular flexibility index (Phi) is 3.00. The van der Waals surface area contributed by atoms with Gasteiger partial charge in [-0.2, -0.15) is 0 Å². The van der Waals surface area contributed by atoms with Gasteiger partial charge in [-0.3, -0.25) is 4.79 Å². The lowest BCUT2D eigenvalue weighted by atomic mass is 9.98. The molecular formula is C13H10O6. The molecule has 0 aliphatic heterocycles. The highest BCUT2D eigenvalue weighted by Crippen LogP contribution is 2.37. The number of aromatic carboxylic acids is 1. The van der Waals surface area contributed by atoms with Crippen molar-refractivity contribution < 1.29 is 24.5 Å². The number of carboxylic acid groups (broad SMARTS) is 1. The molecule has 0 spiro atoms. The van der Waals surface area contributed by atoms with Crippen molar-refractivity contribution in [3.05, 3.63) is 45.8 Å². The molecule has 0 saturated heterocycles. The molecule has 0 saturated carbocycles. The molecule has 98 valence electrons. The van der Waals surface area contributed by atoms with Crippen LogP contribution in [0, 0.1) is 6.92 Å². The van der Waals surface area contributed by atoms with E-state index in [9.17, 15) is 19.8 Å². The highest BCUT2D eigenvalue weighted by molar-refractivity contribution is 5.93. The lowest BCUT2D eigenvalue weighted by Crippen LogP contribution is -2.03. The Morgan fingerprint density at radius 3 is 2.53 bits per heavy atom. The van der Waals surface area contributed by atoms with Gasteiger partial charge in [0.05, 0.1) is 17.4 Å². The number of hydrogen-bond donors (Lipinski definition) is 3. The van der Waals surface area contributed by atoms with E-state index in [1.807, 2.05) is 0 Å². The van der Waals surface area contributed by atoms with E-state index < -0.39 is 17.1 Å². The number of phenolic OH excluding ortho intramolecular Hbond substituents is 1. The zero-order chi connectivity index (χ0) is 14.2. The lowest BCUT2D eigenvalue weighted by molar-refractivity contribution is 0.0696. The predicted molar refractivity (Wildman–Crippen MR) is 65.4 cm³/mol. The molecule has 1 heterocycles. The van der Waals surface area contributed by atoms with E-state index in [-0.39, 0.29) is 28.2 Å². The molecule has 0 aliphatic rings. The summed E-state index contributed by atoms with van der Waals surface area (Å²) in [5.74, 6) is -2.40. The van der Waals surface area contributed by atoms with E-state index in [2.05, 4.69) is 0 Å². The summed E-state index contributed by atoms with van der Waals surface area (Å²) in [7, 11) is 0. The molecule has 3 N–H and O–H groups in total. The number of carboxylic acids is 1. The van der Waals surface area contributed by atoms with Crippen molar-refractivity contribution in [1.29, 1.82) is 0 Å². The molecule has 1 aromatic heterocycles. The summed E-state index contributed by atoms with van der Waals surface area (Å²) >= 11 is 0. The Labute approximate surface area is 107 Å². The largest absolute Gasteiger partial charge is 0.507 e. The predicted octanol–water partition coefficient (Wildman–Crippen LogP) is 1.72. The Hall–Kier alpha value is -2.76. The minimum Gasteiger partial charge on any atom is -0.507 e. The van der Waals surface area contributed by atoms with Gasteiger partial charge in [0.15, 0.2) is 5.76 Å². The number of aromatic hydroxyl groups is 2. The molecule has 0 bridgehead atoms. The average Bonchev–Trinajstić information content (AvgIpc) is 2.34. The van der Waals surface area contributed by atoms with Gasteiger partial charge in [0.2, 0.25) is 11.2 Å². The van der Waals surface area contributed by atoms with Crippen LogP contribution in [0.15, 0.2) is 33.7 Å². The Morgan fingerprint density at radius 1 is 1.21 bits per heavy atom. The van der Waals surface area contributed by atoms with Crippen LogP contribution >= 0.6 is 0 Å². The van der Waals surface area contributed by atoms with Gasteiger partial charge in [-0.15, -0.1) is 0 Å². The smallest absolute Gasteiger partial charge is 0.335 e. The normalized spacial score (nSPS) is 10.4. The van der Waals surface area contributed by atoms with Gasteiger partial charge in [0, 0.05) is 6.07 Å². The molecule has 19 heavy (non-hydrogen) atoms. The van der Waals surface area contributed by atoms with Crippen LogP contribution in [0.3, 0.4) is 0 Å². The van der Waals surface area contributed by atoms with Crippen LogP contribution in [-0.4, -0.2) is 21.3 Å². The van der Waals surface area contributed by atoms with E-state index >= 15 is 0 Å². The number of carbonyl (C=O) groups is 1. The first-order valence-electron chi connectivity index (χ1n) is 5.30. The van der Waals surface area contributed by atoms with E-state index in [4.69, 9.17) is 9.52 Å². The Morgan fingerprint density at radius 2 is 1.89 bits per heavy atom. The monoisotopic (exact) mass is 262 g/mol. The average molecular weight is 262 g/mol. The first kappa shape index (κ1) is 12.7. The van der Waals surface area contributed by atoms with Gasteiger partial charge in [0.1, 0.15) is 5.75 Å². The summed E-state index contributed by atoms with van der Waals surface area (Å²) in [5.41, 5.74) is -0.563. The fraction of sp³-hybridized carbons (Fsp3) is 0.0769. The molecular weight excluding hydrogens is 252 g/mol. The minimum atomic E-state index is -1.18. The second kappa shape index (κ2) is 4.49. The molecule has 6 heteroatoms. The Bertz CT molecular complexity index is 714. The number of hydrogen-bond acceptors (Lipinski definition) is 5. The maximum atomic E-state index is 11.3. The van der Waals surface area contributed by atoms with Crippen LogP contribution in [-0.2, 0) is 0 Å². The number of rotatable bonds is 2. The van der Waals surface area contributed by atoms with Gasteiger partial charge in [0.25, 0.3) is 0 Å². The third-order valence-corrected chi connectivity index (χ3v) is 2.75. The van der Waals surface area contributed by atoms with E-state index in [0.29, 0.717) is 0 Å². The summed E-state index contributed by atoms with van der Waals surface area (Å²) in [6.45, 7) is 1.45. The summed E-state index contributed by atoms with van der Waals surface area (Å²) in [6.07, 6.45) is 1.06. The molecule has 6 nitrogen and oxygen atoms in total. The molecule has 2 rings (SSSR count). The summed E-state index contributed by atoms with van der Waals surface area (Å²) in [6, 6.07) is 3.42. The van der Waals surface area contributed by atoms with Gasteiger partial charge in [-0.1, -0.05) is 0 Å². The molecule has 0 radical (unpaired) electrons. The number of benzene rings is 1. The van der Waals surface area contributed by atoms with Crippen molar-refractivity contribution in [3.8, 4) is 22.8 Å². The zero-order valence-electron chi connectivity index (χ0n) is 9.88. The molecule has 2 aromatic rings. The maximum absolute atomic E-state index is 11.3. The van der Waals surface area contributed by atoms with Gasteiger partial charge in [-0.25, -0.2) is 4.79 Å². The van der Waals surface area contributed by atoms with Crippen LogP contribution in [0.25, 0.3) is 11.3 Å². The quantitative estimate of drug-likeness (QED) is 0.760. The highest BCUT2D eigenvalue weighted by atomic mass is 16.4. The second-order valence-corrected chi connectivity index (χ2v) is 3.90. The van der Waals surface area contributed by atoms with Crippen LogP contribution in [0.2, 0.25) is 0 Å². The van der Waals surface area contributed by atoms with Gasteiger partial charge < -0.3 is 19.7 Å². The fourth-order valence-corrected chi connectivity index (χ4v) is 1.80. The standard InChI is InChI=1S/C13H10O6/c1-6-7(13(17)18)2-3-8(14)10(6)12-11(16)9(15)4-5-19-12/h2-5,14,16H,1H3,(H,17,18). The fourth-order valence-electron chi connectivity index (χ4n) is 1.80. The third-order valence-electron chi connectivity index (χ3n) is 2.75. The van der Waals surface area contributed by atoms with Crippen molar-refractivity contribution in [2.45, 2.75) is 6.92 Å². The van der Waals surface area contributed by atoms with Crippen LogP contribution in [0.4, 0.5) is 0 Å². The van der Waals surface area contributed by atoms with Crippen LogP contribution in [0.1, 0.15) is 15.9 Å². The van der Waals surface area contributed by atoms with Gasteiger partial charge in [-0.05, 0) is 24.6 Å². The molecule has 0 atom stereocenters. The molecule has 0 aliphatic carbocycles.